The van der Waals surface area contributed by atoms with Crippen LogP contribution in [0, 0.1) is 5.92 Å². The molecule has 6 aliphatic rings. The molecule has 0 spiro atoms. The summed E-state index contributed by atoms with van der Waals surface area (Å²) in [5.74, 6) is 1.99. The molecule has 6 bridgehead atoms. The molecule has 1 heterocycles. The summed E-state index contributed by atoms with van der Waals surface area (Å²) in [7, 11) is 1.68. The molecule has 5 fully saturated rings. The SMILES string of the molecule is COc1ncc(NC23CC4CC(F)(CC(F)(C4)C2)C3)c2c1C1CCC2C1. The second kappa shape index (κ2) is 4.71. The van der Waals surface area contributed by atoms with Gasteiger partial charge in [0, 0.05) is 30.4 Å². The van der Waals surface area contributed by atoms with Crippen LogP contribution in [-0.4, -0.2) is 29.0 Å². The molecule has 3 nitrogen and oxygen atoms in total. The number of halogens is 2. The Hall–Kier alpha value is -1.39. The van der Waals surface area contributed by atoms with E-state index in [1.54, 1.807) is 7.11 Å². The number of hydrogen-bond acceptors (Lipinski definition) is 3. The summed E-state index contributed by atoms with van der Waals surface area (Å²) < 4.78 is 36.1. The van der Waals surface area contributed by atoms with Crippen LogP contribution in [0.2, 0.25) is 0 Å². The molecule has 4 unspecified atom stereocenters. The summed E-state index contributed by atoms with van der Waals surface area (Å²) in [4.78, 5) is 4.55. The minimum absolute atomic E-state index is 0.101. The Morgan fingerprint density at radius 3 is 2.38 bits per heavy atom. The number of anilines is 1. The van der Waals surface area contributed by atoms with Crippen LogP contribution in [0.3, 0.4) is 0 Å². The molecule has 0 aromatic carbocycles. The number of fused-ring (bicyclic) bond motifs is 5. The molecular weight excluding hydrogens is 334 g/mol. The molecule has 4 atom stereocenters. The molecular formula is C21H26F2N2O. The lowest BCUT2D eigenvalue weighted by molar-refractivity contribution is -0.137. The van der Waals surface area contributed by atoms with Crippen LogP contribution in [-0.2, 0) is 0 Å². The van der Waals surface area contributed by atoms with Gasteiger partial charge in [-0.25, -0.2) is 13.8 Å². The van der Waals surface area contributed by atoms with Gasteiger partial charge in [0.1, 0.15) is 11.3 Å². The molecule has 0 aliphatic heterocycles. The summed E-state index contributed by atoms with van der Waals surface area (Å²) in [5, 5.41) is 3.68. The Morgan fingerprint density at radius 2 is 1.73 bits per heavy atom. The van der Waals surface area contributed by atoms with Crippen molar-refractivity contribution in [1.82, 2.24) is 4.98 Å². The number of nitrogens with one attached hydrogen (secondary N) is 1. The van der Waals surface area contributed by atoms with E-state index in [1.807, 2.05) is 6.20 Å². The first-order valence-electron chi connectivity index (χ1n) is 10.1. The molecule has 6 aliphatic carbocycles. The number of pyridine rings is 1. The van der Waals surface area contributed by atoms with Crippen molar-refractivity contribution in [1.29, 1.82) is 0 Å². The van der Waals surface area contributed by atoms with Crippen LogP contribution < -0.4 is 10.1 Å². The molecule has 5 heteroatoms. The van der Waals surface area contributed by atoms with E-state index in [0.29, 0.717) is 37.5 Å². The summed E-state index contributed by atoms with van der Waals surface area (Å²) in [6.07, 6.45) is 8.39. The molecule has 5 saturated carbocycles. The van der Waals surface area contributed by atoms with Gasteiger partial charge in [0.15, 0.2) is 0 Å². The average molecular weight is 360 g/mol. The zero-order valence-corrected chi connectivity index (χ0v) is 15.3. The Labute approximate surface area is 152 Å². The molecule has 26 heavy (non-hydrogen) atoms. The minimum atomic E-state index is -1.33. The summed E-state index contributed by atoms with van der Waals surface area (Å²) in [5.41, 5.74) is 0.483. The smallest absolute Gasteiger partial charge is 0.216 e. The van der Waals surface area contributed by atoms with Gasteiger partial charge < -0.3 is 10.1 Å². The van der Waals surface area contributed by atoms with Gasteiger partial charge in [0.05, 0.1) is 19.0 Å². The lowest BCUT2D eigenvalue weighted by Crippen LogP contribution is -2.65. The topological polar surface area (TPSA) is 34.1 Å². The monoisotopic (exact) mass is 360 g/mol. The predicted octanol–water partition coefficient (Wildman–Crippen LogP) is 5.02. The van der Waals surface area contributed by atoms with Crippen LogP contribution in [0.5, 0.6) is 5.88 Å². The summed E-state index contributed by atoms with van der Waals surface area (Å²) in [6, 6.07) is 0. The van der Waals surface area contributed by atoms with E-state index in [4.69, 9.17) is 4.74 Å². The highest BCUT2D eigenvalue weighted by Gasteiger charge is 2.65. The fourth-order valence-electron chi connectivity index (χ4n) is 7.76. The van der Waals surface area contributed by atoms with Crippen molar-refractivity contribution in [2.75, 3.05) is 12.4 Å². The zero-order valence-electron chi connectivity index (χ0n) is 15.3. The van der Waals surface area contributed by atoms with Gasteiger partial charge in [-0.15, -0.1) is 0 Å². The highest BCUT2D eigenvalue weighted by atomic mass is 19.2. The fraction of sp³-hybridized carbons (Fsp3) is 0.762. The van der Waals surface area contributed by atoms with E-state index < -0.39 is 16.9 Å². The van der Waals surface area contributed by atoms with Crippen LogP contribution in [0.25, 0.3) is 0 Å². The van der Waals surface area contributed by atoms with Crippen LogP contribution in [0.15, 0.2) is 6.20 Å². The van der Waals surface area contributed by atoms with Crippen molar-refractivity contribution < 1.29 is 13.5 Å². The van der Waals surface area contributed by atoms with Crippen molar-refractivity contribution in [3.63, 3.8) is 0 Å². The lowest BCUT2D eigenvalue weighted by Gasteiger charge is -2.61. The first-order valence-corrected chi connectivity index (χ1v) is 10.1. The number of ether oxygens (including phenoxy) is 1. The molecule has 1 aromatic heterocycles. The van der Waals surface area contributed by atoms with Crippen LogP contribution in [0.1, 0.15) is 80.8 Å². The molecule has 7 rings (SSSR count). The Balaban J connectivity index is 1.41. The van der Waals surface area contributed by atoms with Crippen LogP contribution in [0.4, 0.5) is 14.5 Å². The van der Waals surface area contributed by atoms with E-state index in [0.717, 1.165) is 18.0 Å². The number of nitrogens with zero attached hydrogens (tertiary/aromatic N) is 1. The standard InChI is InChI=1S/C21H26F2N2O/c1-26-18-17-14-3-2-13(4-14)16(17)15(8-24-18)25-21-7-12-5-19(22,10-21)9-20(23,6-12)11-21/h8,12-14,25H,2-7,9-11H2,1H3. The van der Waals surface area contributed by atoms with Gasteiger partial charge in [0.2, 0.25) is 5.88 Å². The van der Waals surface area contributed by atoms with Crippen molar-refractivity contribution in [2.45, 2.75) is 86.5 Å². The van der Waals surface area contributed by atoms with Crippen molar-refractivity contribution in [2.24, 2.45) is 5.92 Å². The van der Waals surface area contributed by atoms with E-state index in [9.17, 15) is 0 Å². The largest absolute Gasteiger partial charge is 0.481 e. The fourth-order valence-corrected chi connectivity index (χ4v) is 7.76. The maximum Gasteiger partial charge on any atom is 0.216 e. The van der Waals surface area contributed by atoms with Crippen molar-refractivity contribution in [3.05, 3.63) is 17.3 Å². The first kappa shape index (κ1) is 15.6. The number of hydrogen-bond donors (Lipinski definition) is 1. The number of methoxy groups -OCH3 is 1. The molecule has 0 radical (unpaired) electrons. The first-order chi connectivity index (χ1) is 12.4. The molecule has 140 valence electrons. The van der Waals surface area contributed by atoms with Crippen molar-refractivity contribution >= 4 is 5.69 Å². The third-order valence-electron chi connectivity index (χ3n) is 7.90. The number of alkyl halides is 2. The normalized spacial score (nSPS) is 47.3. The summed E-state index contributed by atoms with van der Waals surface area (Å²) in [6.45, 7) is 0. The number of rotatable bonds is 3. The van der Waals surface area contributed by atoms with Gasteiger partial charge in [-0.05, 0) is 61.8 Å². The second-order valence-corrected chi connectivity index (χ2v) is 9.93. The maximum absolute atomic E-state index is 15.3. The third kappa shape index (κ3) is 2.00. The van der Waals surface area contributed by atoms with E-state index >= 15 is 8.78 Å². The zero-order chi connectivity index (χ0) is 17.7. The van der Waals surface area contributed by atoms with Gasteiger partial charge in [0.25, 0.3) is 0 Å². The Bertz CT molecular complexity index is 778. The van der Waals surface area contributed by atoms with Gasteiger partial charge in [-0.2, -0.15) is 0 Å². The molecule has 0 saturated heterocycles. The average Bonchev–Trinajstić information content (AvgIpc) is 3.13. The van der Waals surface area contributed by atoms with Gasteiger partial charge in [-0.3, -0.25) is 0 Å². The summed E-state index contributed by atoms with van der Waals surface area (Å²) >= 11 is 0. The van der Waals surface area contributed by atoms with E-state index in [1.165, 1.54) is 30.4 Å². The lowest BCUT2D eigenvalue weighted by atomic mass is 9.50. The molecule has 1 N–H and O–H groups in total. The quantitative estimate of drug-likeness (QED) is 0.822. The minimum Gasteiger partial charge on any atom is -0.481 e. The van der Waals surface area contributed by atoms with Gasteiger partial charge >= 0.3 is 0 Å². The van der Waals surface area contributed by atoms with Gasteiger partial charge in [-0.1, -0.05) is 0 Å². The number of aromatic nitrogens is 1. The maximum atomic E-state index is 15.3. The molecule has 1 aromatic rings. The van der Waals surface area contributed by atoms with Crippen molar-refractivity contribution in [3.8, 4) is 5.88 Å². The Morgan fingerprint density at radius 1 is 1.04 bits per heavy atom. The van der Waals surface area contributed by atoms with Crippen LogP contribution >= 0.6 is 0 Å². The predicted molar refractivity (Wildman–Crippen MR) is 95.3 cm³/mol. The molecule has 0 amide bonds. The third-order valence-corrected chi connectivity index (χ3v) is 7.90. The Kier molecular flexibility index (Phi) is 2.84. The van der Waals surface area contributed by atoms with E-state index in [-0.39, 0.29) is 12.3 Å². The second-order valence-electron chi connectivity index (χ2n) is 9.93. The van der Waals surface area contributed by atoms with E-state index in [2.05, 4.69) is 10.3 Å². The highest BCUT2D eigenvalue weighted by molar-refractivity contribution is 5.63. The highest BCUT2D eigenvalue weighted by Crippen LogP contribution is 2.64.